The Labute approximate surface area is 88.3 Å². The summed E-state index contributed by atoms with van der Waals surface area (Å²) in [6.07, 6.45) is 0. The summed E-state index contributed by atoms with van der Waals surface area (Å²) < 4.78 is 0. The predicted octanol–water partition coefficient (Wildman–Crippen LogP) is -3.29. The molecule has 0 saturated carbocycles. The van der Waals surface area contributed by atoms with Crippen molar-refractivity contribution in [2.75, 3.05) is 0 Å². The van der Waals surface area contributed by atoms with Crippen molar-refractivity contribution in [1.29, 1.82) is 0 Å². The molecular formula is H8CdGaInSe. The van der Waals surface area contributed by atoms with Crippen LogP contribution >= 0.6 is 0 Å². The molecule has 0 aliphatic rings. The average Bonchev–Trinajstić information content (AvgIpc) is 0. The fraction of sp³-hybridized carbons (Fsp3) is 0. The van der Waals surface area contributed by atoms with Gasteiger partial charge in [0, 0.05) is 27.3 Å². The van der Waals surface area contributed by atoms with Crippen molar-refractivity contribution in [3.8, 4) is 0 Å². The van der Waals surface area contributed by atoms with Gasteiger partial charge in [-0.2, -0.15) is 0 Å². The number of rotatable bonds is 0. The van der Waals surface area contributed by atoms with E-state index in [9.17, 15) is 0 Å². The standard InChI is InChI=1S/Cd.Ga.In.H2Se.6H/h;;;1H2;;;;;;. The van der Waals surface area contributed by atoms with E-state index in [4.69, 9.17) is 0 Å². The fourth-order valence-corrected chi connectivity index (χ4v) is 0. The van der Waals surface area contributed by atoms with Gasteiger partial charge < -0.3 is 0 Å². The van der Waals surface area contributed by atoms with Crippen LogP contribution in [0.15, 0.2) is 0 Å². The van der Waals surface area contributed by atoms with Gasteiger partial charge in [-0.05, 0) is 0 Å². The van der Waals surface area contributed by atoms with Crippen LogP contribution in [0.1, 0.15) is 0 Å². The molecule has 0 radical (unpaired) electrons. The van der Waals surface area contributed by atoms with Gasteiger partial charge in [-0.1, -0.05) is 0 Å². The third-order valence-corrected chi connectivity index (χ3v) is 0. The molecule has 0 heterocycles. The van der Waals surface area contributed by atoms with Crippen LogP contribution in [-0.2, 0) is 27.3 Å². The zero-order valence-corrected chi connectivity index (χ0v) is 7.34. The molecule has 0 saturated heterocycles. The normalized spacial score (nSPS) is 0. The van der Waals surface area contributed by atoms with E-state index < -0.39 is 0 Å². The molecule has 0 aromatic heterocycles. The van der Waals surface area contributed by atoms with Gasteiger partial charge in [0.15, 0.2) is 0 Å². The molecule has 0 aromatic carbocycles. The molecule has 0 fully saturated rings. The Hall–Kier alpha value is 2.95. The Balaban J connectivity index is 0. The van der Waals surface area contributed by atoms with Gasteiger partial charge in [0.25, 0.3) is 0 Å². The Morgan fingerprint density at radius 1 is 1.00 bits per heavy atom. The van der Waals surface area contributed by atoms with E-state index in [0.717, 1.165) is 0 Å². The SMILES string of the molecule is [Cd].[GaH3].[InH3].[SeH2]. The summed E-state index contributed by atoms with van der Waals surface area (Å²) in [7, 11) is 0. The second-order valence-corrected chi connectivity index (χ2v) is 0. The Morgan fingerprint density at radius 2 is 1.00 bits per heavy atom. The number of hydrogen-bond donors (Lipinski definition) is 0. The van der Waals surface area contributed by atoms with Crippen molar-refractivity contribution in [3.05, 3.63) is 0 Å². The predicted molar refractivity (Wildman–Crippen MR) is 28.4 cm³/mol. The van der Waals surface area contributed by atoms with Crippen molar-refractivity contribution < 1.29 is 27.3 Å². The van der Waals surface area contributed by atoms with Crippen LogP contribution in [-0.4, -0.2) is 62.7 Å². The van der Waals surface area contributed by atoms with Gasteiger partial charge in [-0.3, -0.25) is 0 Å². The van der Waals surface area contributed by atoms with Crippen LogP contribution < -0.4 is 0 Å². The van der Waals surface area contributed by atoms with E-state index in [1.807, 2.05) is 0 Å². The van der Waals surface area contributed by atoms with E-state index in [1.54, 1.807) is 0 Å². The van der Waals surface area contributed by atoms with E-state index >= 15 is 0 Å². The minimum absolute atomic E-state index is 0. The first-order valence-electron chi connectivity index (χ1n) is 0. The molecule has 0 spiro atoms. The Kier molecular flexibility index (Phi) is 118. The molecule has 0 rings (SSSR count). The molecule has 0 aliphatic carbocycles. The molecule has 0 bridgehead atoms. The first-order valence-corrected chi connectivity index (χ1v) is 0. The molecule has 0 aliphatic heterocycles. The molecule has 0 atom stereocenters. The van der Waals surface area contributed by atoms with Crippen LogP contribution in [0, 0.1) is 0 Å². The van der Waals surface area contributed by atoms with Gasteiger partial charge in [0.2, 0.25) is 0 Å². The second kappa shape index (κ2) is 16.8. The zero-order chi connectivity index (χ0) is 0. The third kappa shape index (κ3) is 8.87. The molecule has 4 heavy (non-hydrogen) atoms. The maximum absolute atomic E-state index is 0. The van der Waals surface area contributed by atoms with Gasteiger partial charge in [0.05, 0.1) is 0 Å². The fourth-order valence-electron chi connectivity index (χ4n) is 0. The van der Waals surface area contributed by atoms with Gasteiger partial charge >= 0.3 is 62.7 Å². The van der Waals surface area contributed by atoms with E-state index in [0.29, 0.717) is 0 Å². The van der Waals surface area contributed by atoms with Crippen molar-refractivity contribution in [2.45, 2.75) is 0 Å². The summed E-state index contributed by atoms with van der Waals surface area (Å²) in [6, 6.07) is 0. The minimum atomic E-state index is 0. The second-order valence-electron chi connectivity index (χ2n) is 0. The molecule has 0 unspecified atom stereocenters. The third-order valence-electron chi connectivity index (χ3n) is 0. The van der Waals surface area contributed by atoms with E-state index in [2.05, 4.69) is 0 Å². The Bertz CT molecular complexity index is 8.00. The van der Waals surface area contributed by atoms with Crippen LogP contribution in [0.4, 0.5) is 0 Å². The van der Waals surface area contributed by atoms with E-state index in [-0.39, 0.29) is 90.0 Å². The average molecular weight is 384 g/mol. The Morgan fingerprint density at radius 3 is 1.00 bits per heavy atom. The molecule has 4 heteroatoms. The van der Waals surface area contributed by atoms with Crippen LogP contribution in [0.3, 0.4) is 0 Å². The summed E-state index contributed by atoms with van der Waals surface area (Å²) in [6.45, 7) is 0. The topological polar surface area (TPSA) is 0 Å². The molecule has 0 N–H and O–H groups in total. The molecule has 0 nitrogen and oxygen atoms in total. The molecule has 22 valence electrons. The van der Waals surface area contributed by atoms with Crippen LogP contribution in [0.25, 0.3) is 0 Å². The van der Waals surface area contributed by atoms with Crippen LogP contribution in [0.5, 0.6) is 0 Å². The monoisotopic (exact) mass is 386 g/mol. The van der Waals surface area contributed by atoms with Gasteiger partial charge in [-0.25, -0.2) is 0 Å². The maximum atomic E-state index is 0. The van der Waals surface area contributed by atoms with Gasteiger partial charge in [-0.15, -0.1) is 0 Å². The summed E-state index contributed by atoms with van der Waals surface area (Å²) in [4.78, 5) is 0. The zero-order valence-electron chi connectivity index (χ0n) is 1.21. The summed E-state index contributed by atoms with van der Waals surface area (Å²) in [5, 5.41) is 0. The van der Waals surface area contributed by atoms with Crippen molar-refractivity contribution in [1.82, 2.24) is 0 Å². The first kappa shape index (κ1) is 28.3. The molecular weight excluding hydrogens is 376 g/mol. The van der Waals surface area contributed by atoms with Crippen molar-refractivity contribution in [2.24, 2.45) is 0 Å². The first-order chi connectivity index (χ1) is 0. The molecule has 0 aromatic rings. The van der Waals surface area contributed by atoms with E-state index in [1.165, 1.54) is 0 Å². The summed E-state index contributed by atoms with van der Waals surface area (Å²) in [5.74, 6) is 0. The van der Waals surface area contributed by atoms with Gasteiger partial charge in [0.1, 0.15) is 0 Å². The van der Waals surface area contributed by atoms with Crippen LogP contribution in [0.2, 0.25) is 0 Å². The van der Waals surface area contributed by atoms with Crippen molar-refractivity contribution in [3.63, 3.8) is 0 Å². The number of hydrogen-bond acceptors (Lipinski definition) is 0. The quantitative estimate of drug-likeness (QED) is 0.385. The van der Waals surface area contributed by atoms with Crippen molar-refractivity contribution >= 4 is 62.7 Å². The summed E-state index contributed by atoms with van der Waals surface area (Å²) in [5.41, 5.74) is 0. The molecule has 0 amide bonds. The summed E-state index contributed by atoms with van der Waals surface area (Å²) >= 11 is 0.